The molecular formula is C39H45FN6O. The first-order valence-electron chi connectivity index (χ1n) is 16.6. The van der Waals surface area contributed by atoms with E-state index in [0.29, 0.717) is 39.6 Å². The first-order valence-corrected chi connectivity index (χ1v) is 16.6. The predicted octanol–water partition coefficient (Wildman–Crippen LogP) is 9.74. The van der Waals surface area contributed by atoms with Crippen molar-refractivity contribution in [3.8, 4) is 29.1 Å². The molecule has 0 spiro atoms. The summed E-state index contributed by atoms with van der Waals surface area (Å²) >= 11 is 0. The molecule has 2 aromatic carbocycles. The highest BCUT2D eigenvalue weighted by molar-refractivity contribution is 5.92. The zero-order chi connectivity index (χ0) is 33.1. The molecule has 1 N–H and O–H groups in total. The molecule has 0 amide bonds. The fourth-order valence-electron chi connectivity index (χ4n) is 5.54. The highest BCUT2D eigenvalue weighted by Crippen LogP contribution is 2.31. The van der Waals surface area contributed by atoms with Crippen molar-refractivity contribution in [3.63, 3.8) is 0 Å². The average molecular weight is 633 g/mol. The van der Waals surface area contributed by atoms with E-state index < -0.39 is 0 Å². The van der Waals surface area contributed by atoms with Crippen LogP contribution in [0.4, 0.5) is 15.9 Å². The van der Waals surface area contributed by atoms with Crippen molar-refractivity contribution in [2.24, 2.45) is 5.41 Å². The summed E-state index contributed by atoms with van der Waals surface area (Å²) in [6.45, 7) is 7.20. The number of hydrogen-bond acceptors (Lipinski definition) is 6. The Hall–Kier alpha value is -4.77. The van der Waals surface area contributed by atoms with Crippen LogP contribution in [0.25, 0.3) is 22.4 Å². The third-order valence-electron chi connectivity index (χ3n) is 8.12. The van der Waals surface area contributed by atoms with Gasteiger partial charge in [0, 0.05) is 41.0 Å². The Kier molecular flexibility index (Phi) is 11.6. The van der Waals surface area contributed by atoms with Crippen molar-refractivity contribution in [1.82, 2.24) is 24.7 Å². The maximum absolute atomic E-state index is 15.3. The summed E-state index contributed by atoms with van der Waals surface area (Å²) in [6, 6.07) is 16.7. The highest BCUT2D eigenvalue weighted by Gasteiger charge is 2.18. The van der Waals surface area contributed by atoms with Gasteiger partial charge in [-0.15, -0.1) is 0 Å². The van der Waals surface area contributed by atoms with Gasteiger partial charge in [0.2, 0.25) is 0 Å². The number of unbranched alkanes of at least 4 members (excludes halogenated alkanes) is 7. The van der Waals surface area contributed by atoms with E-state index in [1.54, 1.807) is 36.4 Å². The summed E-state index contributed by atoms with van der Waals surface area (Å²) in [5, 5.41) is 9.00. The second kappa shape index (κ2) is 16.2. The molecular weight excluding hydrogens is 587 g/mol. The van der Waals surface area contributed by atoms with Crippen molar-refractivity contribution < 1.29 is 9.13 Å². The van der Waals surface area contributed by atoms with Crippen LogP contribution in [-0.4, -0.2) is 31.8 Å². The van der Waals surface area contributed by atoms with Crippen LogP contribution >= 0.6 is 0 Å². The third-order valence-corrected chi connectivity index (χ3v) is 8.12. The average Bonchev–Trinajstić information content (AvgIpc) is 3.43. The maximum atomic E-state index is 15.3. The molecule has 0 unspecified atom stereocenters. The van der Waals surface area contributed by atoms with Gasteiger partial charge in [-0.2, -0.15) is 5.10 Å². The number of aromatic nitrogens is 5. The minimum Gasteiger partial charge on any atom is -0.491 e. The van der Waals surface area contributed by atoms with Gasteiger partial charge in [0.05, 0.1) is 25.4 Å². The summed E-state index contributed by atoms with van der Waals surface area (Å²) in [5.74, 6) is 7.52. The molecule has 0 aliphatic carbocycles. The van der Waals surface area contributed by atoms with Gasteiger partial charge >= 0.3 is 0 Å². The van der Waals surface area contributed by atoms with Crippen LogP contribution in [0.5, 0.6) is 5.75 Å². The molecule has 0 saturated carbocycles. The number of rotatable bonds is 14. The molecule has 8 heteroatoms. The summed E-state index contributed by atoms with van der Waals surface area (Å²) in [7, 11) is 1.57. The molecule has 0 saturated heterocycles. The summed E-state index contributed by atoms with van der Waals surface area (Å²) in [6.07, 6.45) is 16.0. The van der Waals surface area contributed by atoms with Gasteiger partial charge in [-0.1, -0.05) is 95.4 Å². The topological polar surface area (TPSA) is 77.8 Å². The second-order valence-corrected chi connectivity index (χ2v) is 13.1. The van der Waals surface area contributed by atoms with Crippen LogP contribution in [0.3, 0.4) is 0 Å². The molecule has 5 rings (SSSR count). The lowest BCUT2D eigenvalue weighted by molar-refractivity contribution is 0.356. The number of hydrogen-bond donors (Lipinski definition) is 1. The van der Waals surface area contributed by atoms with Crippen LogP contribution in [0.2, 0.25) is 0 Å². The largest absolute Gasteiger partial charge is 0.491 e. The Labute approximate surface area is 278 Å². The Balaban J connectivity index is 1.21. The zero-order valence-corrected chi connectivity index (χ0v) is 28.0. The maximum Gasteiger partial charge on any atom is 0.183 e. The molecule has 0 aliphatic rings. The van der Waals surface area contributed by atoms with Crippen LogP contribution in [0, 0.1) is 23.1 Å². The fraction of sp³-hybridized carbons (Fsp3) is 0.385. The van der Waals surface area contributed by atoms with Gasteiger partial charge in [-0.25, -0.2) is 14.4 Å². The van der Waals surface area contributed by atoms with Gasteiger partial charge in [0.1, 0.15) is 11.5 Å². The van der Waals surface area contributed by atoms with Crippen molar-refractivity contribution in [2.75, 3.05) is 12.4 Å². The van der Waals surface area contributed by atoms with Crippen molar-refractivity contribution in [2.45, 2.75) is 85.1 Å². The molecule has 0 radical (unpaired) electrons. The normalized spacial score (nSPS) is 11.3. The van der Waals surface area contributed by atoms with Crippen molar-refractivity contribution >= 4 is 22.4 Å². The minimum atomic E-state index is -0.297. The third kappa shape index (κ3) is 9.62. The number of ether oxygens (including phenoxy) is 1. The monoisotopic (exact) mass is 632 g/mol. The number of halogens is 1. The smallest absolute Gasteiger partial charge is 0.183 e. The lowest BCUT2D eigenvalue weighted by Crippen LogP contribution is -2.05. The van der Waals surface area contributed by atoms with E-state index in [9.17, 15) is 0 Å². The van der Waals surface area contributed by atoms with Crippen molar-refractivity contribution in [1.29, 1.82) is 0 Å². The van der Waals surface area contributed by atoms with E-state index in [2.05, 4.69) is 47.9 Å². The number of nitrogens with zero attached hydrogens (tertiary/aromatic N) is 5. The lowest BCUT2D eigenvalue weighted by Gasteiger charge is -2.17. The molecule has 244 valence electrons. The van der Waals surface area contributed by atoms with Crippen LogP contribution in [0.1, 0.15) is 89.7 Å². The molecule has 3 heterocycles. The van der Waals surface area contributed by atoms with Gasteiger partial charge in [-0.05, 0) is 48.6 Å². The van der Waals surface area contributed by atoms with E-state index >= 15 is 4.39 Å². The Morgan fingerprint density at radius 3 is 2.40 bits per heavy atom. The lowest BCUT2D eigenvalue weighted by atomic mass is 9.89. The van der Waals surface area contributed by atoms with E-state index in [-0.39, 0.29) is 12.4 Å². The Bertz CT molecular complexity index is 1820. The number of fused-ring (bicyclic) bond motifs is 1. The number of pyridine rings is 1. The fourth-order valence-corrected chi connectivity index (χ4v) is 5.54. The molecule has 0 aliphatic heterocycles. The number of benzene rings is 2. The van der Waals surface area contributed by atoms with Crippen molar-refractivity contribution in [3.05, 3.63) is 90.1 Å². The quantitative estimate of drug-likeness (QED) is 0.0970. The van der Waals surface area contributed by atoms with Crippen LogP contribution in [-0.2, 0) is 6.54 Å². The standard InChI is InChI=1S/C39H45FN6O/c1-39(2,3)23-15-11-9-7-5-6-8-10-12-16-29-19-20-30(33(40)26-29)28-46-34-18-14-13-17-32(34)36(45-46)38-42-27-35(47-4)37(44-38)43-31-21-24-41-25-22-31/h13-14,17-22,24-27H,5-11,15,23,28H2,1-4H3,(H,41,42,43,44). The molecule has 3 aromatic heterocycles. The Morgan fingerprint density at radius 2 is 1.66 bits per heavy atom. The van der Waals surface area contributed by atoms with Gasteiger partial charge < -0.3 is 10.1 Å². The van der Waals surface area contributed by atoms with E-state index in [0.717, 1.165) is 29.4 Å². The summed E-state index contributed by atoms with van der Waals surface area (Å²) in [5.41, 5.74) is 3.95. The number of nitrogens with one attached hydrogen (secondary N) is 1. The molecule has 0 atom stereocenters. The number of anilines is 2. The predicted molar refractivity (Wildman–Crippen MR) is 188 cm³/mol. The summed E-state index contributed by atoms with van der Waals surface area (Å²) in [4.78, 5) is 13.4. The van der Waals surface area contributed by atoms with Gasteiger partial charge in [-0.3, -0.25) is 9.67 Å². The van der Waals surface area contributed by atoms with E-state index in [1.807, 2.05) is 42.5 Å². The molecule has 0 fully saturated rings. The highest BCUT2D eigenvalue weighted by atomic mass is 19.1. The first-order chi connectivity index (χ1) is 22.8. The second-order valence-electron chi connectivity index (χ2n) is 13.1. The molecule has 0 bridgehead atoms. The summed E-state index contributed by atoms with van der Waals surface area (Å²) < 4.78 is 22.6. The minimum absolute atomic E-state index is 0.258. The van der Waals surface area contributed by atoms with E-state index in [1.165, 1.54) is 51.0 Å². The van der Waals surface area contributed by atoms with E-state index in [4.69, 9.17) is 14.8 Å². The first kappa shape index (κ1) is 33.6. The molecule has 7 nitrogen and oxygen atoms in total. The van der Waals surface area contributed by atoms with Crippen LogP contribution < -0.4 is 10.1 Å². The van der Waals surface area contributed by atoms with Gasteiger partial charge in [0.15, 0.2) is 17.4 Å². The van der Waals surface area contributed by atoms with Crippen LogP contribution in [0.15, 0.2) is 73.2 Å². The zero-order valence-electron chi connectivity index (χ0n) is 28.0. The molecule has 47 heavy (non-hydrogen) atoms. The Morgan fingerprint density at radius 1 is 0.915 bits per heavy atom. The molecule has 5 aromatic rings. The number of para-hydroxylation sites is 1. The van der Waals surface area contributed by atoms with Gasteiger partial charge in [0.25, 0.3) is 0 Å². The SMILES string of the molecule is COc1cnc(-c2nn(Cc3ccc(C#CCCCCCCCCCC(C)(C)C)cc3F)c3ccccc23)nc1Nc1ccncc1. The number of methoxy groups -OCH3 is 1.